The first-order valence-electron chi connectivity index (χ1n) is 4.77. The zero-order valence-electron chi connectivity index (χ0n) is 8.16. The molecule has 1 aromatic heterocycles. The predicted molar refractivity (Wildman–Crippen MR) is 59.8 cm³/mol. The van der Waals surface area contributed by atoms with E-state index in [0.717, 1.165) is 18.5 Å². The molecule has 0 spiro atoms. The number of aliphatic hydroxyl groups is 1. The van der Waals surface area contributed by atoms with Crippen molar-refractivity contribution >= 4 is 21.6 Å². The van der Waals surface area contributed by atoms with Crippen LogP contribution in [0.2, 0.25) is 0 Å². The second-order valence-corrected chi connectivity index (χ2v) is 4.19. The van der Waals surface area contributed by atoms with E-state index in [-0.39, 0.29) is 6.61 Å². The van der Waals surface area contributed by atoms with E-state index < -0.39 is 0 Å². The second-order valence-electron chi connectivity index (χ2n) is 3.39. The highest BCUT2D eigenvalue weighted by Crippen LogP contribution is 2.26. The Balaban J connectivity index is 2.46. The fraction of sp³-hybridized carbons (Fsp3) is 0.364. The van der Waals surface area contributed by atoms with Crippen LogP contribution in [0.4, 0.5) is 0 Å². The van der Waals surface area contributed by atoms with Gasteiger partial charge in [0.05, 0.1) is 10.4 Å². The fourth-order valence-corrected chi connectivity index (χ4v) is 2.54. The monoisotopic (exact) mass is 207 g/mol. The molecule has 0 saturated heterocycles. The Morgan fingerprint density at radius 3 is 3.07 bits per heavy atom. The van der Waals surface area contributed by atoms with Crippen LogP contribution in [-0.4, -0.2) is 16.1 Å². The smallest absolute Gasteiger partial charge is 0.0592 e. The van der Waals surface area contributed by atoms with E-state index >= 15 is 0 Å². The Morgan fingerprint density at radius 2 is 2.29 bits per heavy atom. The normalized spacial score (nSPS) is 11.0. The lowest BCUT2D eigenvalue weighted by atomic mass is 10.0. The highest BCUT2D eigenvalue weighted by Gasteiger charge is 2.06. The molecule has 0 unspecified atom stereocenters. The fourth-order valence-electron chi connectivity index (χ4n) is 1.70. The first-order valence-corrected chi connectivity index (χ1v) is 5.55. The number of fused-ring (bicyclic) bond motifs is 1. The van der Waals surface area contributed by atoms with Gasteiger partial charge in [-0.05, 0) is 42.9 Å². The highest BCUT2D eigenvalue weighted by atomic mass is 32.1. The quantitative estimate of drug-likeness (QED) is 0.839. The van der Waals surface area contributed by atoms with Crippen LogP contribution >= 0.6 is 11.5 Å². The number of nitrogens with zero attached hydrogens (tertiary/aromatic N) is 1. The molecule has 0 aliphatic carbocycles. The third-order valence-corrected chi connectivity index (χ3v) is 3.26. The van der Waals surface area contributed by atoms with Gasteiger partial charge in [0.1, 0.15) is 0 Å². The maximum absolute atomic E-state index is 8.81. The highest BCUT2D eigenvalue weighted by molar-refractivity contribution is 7.13. The van der Waals surface area contributed by atoms with Gasteiger partial charge >= 0.3 is 0 Å². The van der Waals surface area contributed by atoms with Gasteiger partial charge in [-0.15, -0.1) is 0 Å². The van der Waals surface area contributed by atoms with E-state index in [2.05, 4.69) is 22.6 Å². The minimum atomic E-state index is 0.257. The molecule has 2 nitrogen and oxygen atoms in total. The Hall–Kier alpha value is -0.930. The Labute approximate surface area is 87.4 Å². The minimum absolute atomic E-state index is 0.257. The molecule has 0 amide bonds. The Bertz CT molecular complexity index is 436. The predicted octanol–water partition coefficient (Wildman–Crippen LogP) is 2.53. The van der Waals surface area contributed by atoms with Crippen LogP contribution in [0.3, 0.4) is 0 Å². The zero-order valence-corrected chi connectivity index (χ0v) is 8.97. The van der Waals surface area contributed by atoms with Crippen molar-refractivity contribution in [2.24, 2.45) is 0 Å². The van der Waals surface area contributed by atoms with Gasteiger partial charge in [0.25, 0.3) is 0 Å². The van der Waals surface area contributed by atoms with Crippen molar-refractivity contribution in [2.75, 3.05) is 6.61 Å². The zero-order chi connectivity index (χ0) is 9.97. The molecule has 2 rings (SSSR count). The summed E-state index contributed by atoms with van der Waals surface area (Å²) in [7, 11) is 0. The van der Waals surface area contributed by atoms with Crippen molar-refractivity contribution in [3.05, 3.63) is 29.5 Å². The largest absolute Gasteiger partial charge is 0.396 e. The van der Waals surface area contributed by atoms with Gasteiger partial charge in [0.15, 0.2) is 0 Å². The molecule has 2 aromatic rings. The summed E-state index contributed by atoms with van der Waals surface area (Å²) in [6, 6.07) is 6.29. The van der Waals surface area contributed by atoms with Crippen molar-refractivity contribution in [3.63, 3.8) is 0 Å². The molecule has 1 aromatic carbocycles. The molecule has 1 N–H and O–H groups in total. The summed E-state index contributed by atoms with van der Waals surface area (Å²) in [4.78, 5) is 0. The summed E-state index contributed by atoms with van der Waals surface area (Å²) in [6.45, 7) is 2.30. The molecule has 0 radical (unpaired) electrons. The third-order valence-electron chi connectivity index (χ3n) is 2.36. The molecule has 0 aliphatic rings. The van der Waals surface area contributed by atoms with Gasteiger partial charge in [-0.3, -0.25) is 0 Å². The Kier molecular flexibility index (Phi) is 2.79. The third kappa shape index (κ3) is 1.65. The lowest BCUT2D eigenvalue weighted by Crippen LogP contribution is -1.90. The number of rotatable bonds is 3. The van der Waals surface area contributed by atoms with Crippen molar-refractivity contribution in [1.82, 2.24) is 4.37 Å². The summed E-state index contributed by atoms with van der Waals surface area (Å²) in [6.07, 6.45) is 1.77. The SMILES string of the molecule is Cc1nsc2cccc(CCCO)c12. The van der Waals surface area contributed by atoms with Crippen LogP contribution in [0.25, 0.3) is 10.1 Å². The van der Waals surface area contributed by atoms with Crippen LogP contribution in [-0.2, 0) is 6.42 Å². The van der Waals surface area contributed by atoms with Gasteiger partial charge in [0.2, 0.25) is 0 Å². The van der Waals surface area contributed by atoms with Gasteiger partial charge in [-0.2, -0.15) is 4.37 Å². The van der Waals surface area contributed by atoms with E-state index in [0.29, 0.717) is 0 Å². The maximum Gasteiger partial charge on any atom is 0.0592 e. The van der Waals surface area contributed by atoms with Crippen molar-refractivity contribution in [1.29, 1.82) is 0 Å². The van der Waals surface area contributed by atoms with Gasteiger partial charge in [0, 0.05) is 12.0 Å². The second kappa shape index (κ2) is 4.07. The van der Waals surface area contributed by atoms with Crippen LogP contribution in [0.1, 0.15) is 17.7 Å². The van der Waals surface area contributed by atoms with Gasteiger partial charge in [-0.1, -0.05) is 12.1 Å². The number of hydrogen-bond donors (Lipinski definition) is 1. The molecule has 14 heavy (non-hydrogen) atoms. The van der Waals surface area contributed by atoms with Crippen molar-refractivity contribution < 1.29 is 5.11 Å². The van der Waals surface area contributed by atoms with Crippen LogP contribution in [0.5, 0.6) is 0 Å². The first-order chi connectivity index (χ1) is 6.83. The molecule has 0 atom stereocenters. The first kappa shape index (κ1) is 9.62. The molecule has 3 heteroatoms. The Morgan fingerprint density at radius 1 is 1.43 bits per heavy atom. The van der Waals surface area contributed by atoms with Crippen molar-refractivity contribution in [3.8, 4) is 0 Å². The number of aliphatic hydroxyl groups excluding tert-OH is 1. The van der Waals surface area contributed by atoms with E-state index in [1.165, 1.54) is 15.6 Å². The lowest BCUT2D eigenvalue weighted by Gasteiger charge is -2.01. The molecular weight excluding hydrogens is 194 g/mol. The molecule has 1 heterocycles. The standard InChI is InChI=1S/C11H13NOS/c1-8-11-9(5-3-7-13)4-2-6-10(11)14-12-8/h2,4,6,13H,3,5,7H2,1H3. The number of benzene rings is 1. The molecule has 0 fully saturated rings. The summed E-state index contributed by atoms with van der Waals surface area (Å²) >= 11 is 1.55. The molecule has 0 saturated carbocycles. The average molecular weight is 207 g/mol. The summed E-state index contributed by atoms with van der Waals surface area (Å²) in [5.74, 6) is 0. The van der Waals surface area contributed by atoms with E-state index in [9.17, 15) is 0 Å². The summed E-state index contributed by atoms with van der Waals surface area (Å²) in [5, 5.41) is 10.1. The summed E-state index contributed by atoms with van der Waals surface area (Å²) < 4.78 is 5.59. The van der Waals surface area contributed by atoms with E-state index in [4.69, 9.17) is 5.11 Å². The average Bonchev–Trinajstić information content (AvgIpc) is 2.58. The van der Waals surface area contributed by atoms with Gasteiger partial charge in [-0.25, -0.2) is 0 Å². The van der Waals surface area contributed by atoms with Crippen LogP contribution < -0.4 is 0 Å². The van der Waals surface area contributed by atoms with E-state index in [1.807, 2.05) is 6.92 Å². The minimum Gasteiger partial charge on any atom is -0.396 e. The number of aryl methyl sites for hydroxylation is 2. The van der Waals surface area contributed by atoms with Crippen LogP contribution in [0, 0.1) is 6.92 Å². The van der Waals surface area contributed by atoms with E-state index in [1.54, 1.807) is 11.5 Å². The van der Waals surface area contributed by atoms with Gasteiger partial charge < -0.3 is 5.11 Å². The summed E-state index contributed by atoms with van der Waals surface area (Å²) in [5.41, 5.74) is 2.42. The molecule has 0 aliphatic heterocycles. The topological polar surface area (TPSA) is 33.1 Å². The molecular formula is C11H13NOS. The molecule has 0 bridgehead atoms. The number of aromatic nitrogens is 1. The maximum atomic E-state index is 8.81. The molecule has 74 valence electrons. The van der Waals surface area contributed by atoms with Crippen LogP contribution in [0.15, 0.2) is 18.2 Å². The number of hydrogen-bond acceptors (Lipinski definition) is 3. The van der Waals surface area contributed by atoms with Crippen molar-refractivity contribution in [2.45, 2.75) is 19.8 Å². The lowest BCUT2D eigenvalue weighted by molar-refractivity contribution is 0.289.